The van der Waals surface area contributed by atoms with Crippen molar-refractivity contribution in [2.45, 2.75) is 29.8 Å². The van der Waals surface area contributed by atoms with Gasteiger partial charge in [-0.25, -0.2) is 0 Å². The number of aryl methyl sites for hydroxylation is 2. The Bertz CT molecular complexity index is 714. The van der Waals surface area contributed by atoms with Crippen LogP contribution in [0, 0.1) is 25.2 Å². The van der Waals surface area contributed by atoms with Crippen LogP contribution < -0.4 is 0 Å². The van der Waals surface area contributed by atoms with Crippen molar-refractivity contribution in [2.75, 3.05) is 0 Å². The Morgan fingerprint density at radius 2 is 1.76 bits per heavy atom. The largest absolute Gasteiger partial charge is 0.417 e. The van der Waals surface area contributed by atoms with Gasteiger partial charge in [0.15, 0.2) is 0 Å². The molecule has 0 fully saturated rings. The summed E-state index contributed by atoms with van der Waals surface area (Å²) in [7, 11) is 0. The second-order valence-electron chi connectivity index (χ2n) is 4.69. The Morgan fingerprint density at radius 3 is 2.33 bits per heavy atom. The second-order valence-corrected chi connectivity index (χ2v) is 5.80. The van der Waals surface area contributed by atoms with E-state index in [1.54, 1.807) is 6.07 Å². The summed E-state index contributed by atoms with van der Waals surface area (Å²) >= 11 is 1.26. The monoisotopic (exact) mass is 307 g/mol. The Hall–Kier alpha value is -1.93. The van der Waals surface area contributed by atoms with Crippen molar-refractivity contribution in [3.05, 3.63) is 58.7 Å². The van der Waals surface area contributed by atoms with E-state index < -0.39 is 11.7 Å². The van der Waals surface area contributed by atoms with Crippen LogP contribution in [0.3, 0.4) is 0 Å². The molecule has 108 valence electrons. The standard InChI is InChI=1S/C16H12F3NS/c1-10-3-6-15(11(2)7-10)21-13-5-4-12(9-20)14(8-13)16(17,18)19/h3-8H,1-2H3. The maximum Gasteiger partial charge on any atom is 0.417 e. The molecule has 0 saturated carbocycles. The maximum atomic E-state index is 12.9. The molecule has 2 aromatic carbocycles. The van der Waals surface area contributed by atoms with Crippen LogP contribution in [0.4, 0.5) is 13.2 Å². The highest BCUT2D eigenvalue weighted by atomic mass is 32.2. The summed E-state index contributed by atoms with van der Waals surface area (Å²) in [6.45, 7) is 3.88. The smallest absolute Gasteiger partial charge is 0.192 e. The number of benzene rings is 2. The Morgan fingerprint density at radius 1 is 1.05 bits per heavy atom. The highest BCUT2D eigenvalue weighted by molar-refractivity contribution is 7.99. The lowest BCUT2D eigenvalue weighted by atomic mass is 10.1. The summed E-state index contributed by atoms with van der Waals surface area (Å²) in [5.41, 5.74) is 0.873. The summed E-state index contributed by atoms with van der Waals surface area (Å²) in [5, 5.41) is 8.78. The number of rotatable bonds is 2. The number of nitriles is 1. The predicted molar refractivity (Wildman–Crippen MR) is 76.2 cm³/mol. The van der Waals surface area contributed by atoms with E-state index in [1.807, 2.05) is 32.0 Å². The summed E-state index contributed by atoms with van der Waals surface area (Å²) in [4.78, 5) is 1.37. The molecule has 0 radical (unpaired) electrons. The molecule has 0 aliphatic rings. The lowest BCUT2D eigenvalue weighted by Crippen LogP contribution is -2.07. The minimum absolute atomic E-state index is 0.354. The number of alkyl halides is 3. The first kappa shape index (κ1) is 15.5. The Balaban J connectivity index is 2.40. The van der Waals surface area contributed by atoms with Crippen LogP contribution in [-0.2, 0) is 6.18 Å². The molecule has 0 heterocycles. The molecular formula is C16H12F3NS. The van der Waals surface area contributed by atoms with Gasteiger partial charge >= 0.3 is 6.18 Å². The molecule has 21 heavy (non-hydrogen) atoms. The SMILES string of the molecule is Cc1ccc(Sc2ccc(C#N)c(C(F)(F)F)c2)c(C)c1. The van der Waals surface area contributed by atoms with E-state index in [1.165, 1.54) is 23.9 Å². The first-order valence-electron chi connectivity index (χ1n) is 6.17. The zero-order valence-electron chi connectivity index (χ0n) is 11.5. The average molecular weight is 307 g/mol. The van der Waals surface area contributed by atoms with Crippen LogP contribution in [0.5, 0.6) is 0 Å². The maximum absolute atomic E-state index is 12.9. The quantitative estimate of drug-likeness (QED) is 0.747. The van der Waals surface area contributed by atoms with Gasteiger partial charge in [-0.1, -0.05) is 29.5 Å². The van der Waals surface area contributed by atoms with Gasteiger partial charge in [-0.15, -0.1) is 0 Å². The van der Waals surface area contributed by atoms with Crippen LogP contribution >= 0.6 is 11.8 Å². The summed E-state index contributed by atoms with van der Waals surface area (Å²) in [6, 6.07) is 11.2. The fraction of sp³-hybridized carbons (Fsp3) is 0.188. The molecule has 0 N–H and O–H groups in total. The number of halogens is 3. The molecular weight excluding hydrogens is 295 g/mol. The van der Waals surface area contributed by atoms with E-state index in [4.69, 9.17) is 5.26 Å². The van der Waals surface area contributed by atoms with Gasteiger partial charge in [0.2, 0.25) is 0 Å². The Kier molecular flexibility index (Phi) is 4.29. The fourth-order valence-electron chi connectivity index (χ4n) is 1.96. The van der Waals surface area contributed by atoms with Gasteiger partial charge in [-0.3, -0.25) is 0 Å². The van der Waals surface area contributed by atoms with Crippen molar-refractivity contribution < 1.29 is 13.2 Å². The molecule has 0 aromatic heterocycles. The van der Waals surface area contributed by atoms with Crippen LogP contribution in [0.15, 0.2) is 46.2 Å². The van der Waals surface area contributed by atoms with E-state index in [0.717, 1.165) is 22.1 Å². The highest BCUT2D eigenvalue weighted by Crippen LogP contribution is 2.37. The molecule has 0 spiro atoms. The van der Waals surface area contributed by atoms with Gasteiger partial charge in [-0.05, 0) is 43.7 Å². The van der Waals surface area contributed by atoms with Crippen molar-refractivity contribution >= 4 is 11.8 Å². The normalized spacial score (nSPS) is 11.2. The minimum atomic E-state index is -4.52. The molecule has 1 nitrogen and oxygen atoms in total. The van der Waals surface area contributed by atoms with Gasteiger partial charge in [0, 0.05) is 9.79 Å². The zero-order chi connectivity index (χ0) is 15.6. The molecule has 0 aliphatic carbocycles. The number of hydrogen-bond donors (Lipinski definition) is 0. The molecule has 0 bridgehead atoms. The molecule has 0 saturated heterocycles. The first-order valence-corrected chi connectivity index (χ1v) is 6.99. The highest BCUT2D eigenvalue weighted by Gasteiger charge is 2.33. The van der Waals surface area contributed by atoms with Gasteiger partial charge in [0.25, 0.3) is 0 Å². The van der Waals surface area contributed by atoms with E-state index >= 15 is 0 Å². The second kappa shape index (κ2) is 5.82. The summed E-state index contributed by atoms with van der Waals surface area (Å²) < 4.78 is 38.8. The van der Waals surface area contributed by atoms with E-state index in [0.29, 0.717) is 4.90 Å². The lowest BCUT2D eigenvalue weighted by molar-refractivity contribution is -0.137. The number of nitrogens with zero attached hydrogens (tertiary/aromatic N) is 1. The molecule has 0 aliphatic heterocycles. The summed E-state index contributed by atoms with van der Waals surface area (Å²) in [6.07, 6.45) is -4.52. The van der Waals surface area contributed by atoms with Crippen LogP contribution in [0.1, 0.15) is 22.3 Å². The van der Waals surface area contributed by atoms with Crippen molar-refractivity contribution in [3.8, 4) is 6.07 Å². The topological polar surface area (TPSA) is 23.8 Å². The van der Waals surface area contributed by atoms with Gasteiger partial charge in [0.05, 0.1) is 17.2 Å². The number of hydrogen-bond acceptors (Lipinski definition) is 2. The third-order valence-corrected chi connectivity index (χ3v) is 4.14. The molecule has 0 amide bonds. The van der Waals surface area contributed by atoms with Crippen molar-refractivity contribution in [1.29, 1.82) is 5.26 Å². The Labute approximate surface area is 125 Å². The van der Waals surface area contributed by atoms with Crippen LogP contribution in [0.25, 0.3) is 0 Å². The van der Waals surface area contributed by atoms with Crippen molar-refractivity contribution in [2.24, 2.45) is 0 Å². The lowest BCUT2D eigenvalue weighted by Gasteiger charge is -2.11. The fourth-order valence-corrected chi connectivity index (χ4v) is 2.88. The zero-order valence-corrected chi connectivity index (χ0v) is 12.3. The van der Waals surface area contributed by atoms with Crippen molar-refractivity contribution in [3.63, 3.8) is 0 Å². The molecule has 0 atom stereocenters. The van der Waals surface area contributed by atoms with Crippen molar-refractivity contribution in [1.82, 2.24) is 0 Å². The molecule has 0 unspecified atom stereocenters. The molecule has 2 aromatic rings. The third-order valence-electron chi connectivity index (χ3n) is 2.98. The minimum Gasteiger partial charge on any atom is -0.192 e. The van der Waals surface area contributed by atoms with E-state index in [-0.39, 0.29) is 5.56 Å². The van der Waals surface area contributed by atoms with Gasteiger partial charge < -0.3 is 0 Å². The van der Waals surface area contributed by atoms with E-state index in [9.17, 15) is 13.2 Å². The third kappa shape index (κ3) is 3.59. The van der Waals surface area contributed by atoms with Gasteiger partial charge in [-0.2, -0.15) is 18.4 Å². The van der Waals surface area contributed by atoms with Crippen LogP contribution in [-0.4, -0.2) is 0 Å². The van der Waals surface area contributed by atoms with Gasteiger partial charge in [0.1, 0.15) is 0 Å². The predicted octanol–water partition coefficient (Wildman–Crippen LogP) is 5.35. The molecule has 2 rings (SSSR count). The summed E-state index contributed by atoms with van der Waals surface area (Å²) in [5.74, 6) is 0. The average Bonchev–Trinajstić information content (AvgIpc) is 2.41. The van der Waals surface area contributed by atoms with Crippen LogP contribution in [0.2, 0.25) is 0 Å². The molecule has 5 heteroatoms. The van der Waals surface area contributed by atoms with E-state index in [2.05, 4.69) is 0 Å². The first-order chi connectivity index (χ1) is 9.81.